The summed E-state index contributed by atoms with van der Waals surface area (Å²) in [7, 11) is -8.11. The number of methoxy groups -OCH3 is 1. The number of likely N-dealkylation sites (tertiary alicyclic amines) is 1. The van der Waals surface area contributed by atoms with Crippen LogP contribution in [-0.2, 0) is 43.2 Å². The molecule has 4 aromatic rings. The number of H-pyrrole nitrogens is 2. The Hall–Kier alpha value is -3.41. The van der Waals surface area contributed by atoms with E-state index in [1.54, 1.807) is 6.20 Å². The van der Waals surface area contributed by atoms with E-state index in [0.717, 1.165) is 5.56 Å². The summed E-state index contributed by atoms with van der Waals surface area (Å²) in [5.41, 5.74) is 12.9. The molecule has 8 atom stereocenters. The molecule has 2 unspecified atom stereocenters. The van der Waals surface area contributed by atoms with Crippen LogP contribution in [0.4, 0.5) is 11.8 Å². The third kappa shape index (κ3) is 8.31. The highest BCUT2D eigenvalue weighted by molar-refractivity contribution is 7.47. The van der Waals surface area contributed by atoms with Gasteiger partial charge in [-0.3, -0.25) is 37.3 Å². The smallest absolute Gasteiger partial charge is 0.396 e. The Labute approximate surface area is 288 Å². The van der Waals surface area contributed by atoms with Crippen molar-refractivity contribution in [1.82, 2.24) is 39.4 Å². The van der Waals surface area contributed by atoms with E-state index in [1.807, 2.05) is 4.90 Å². The molecule has 10 N–H and O–H groups in total. The van der Waals surface area contributed by atoms with Crippen molar-refractivity contribution in [3.63, 3.8) is 0 Å². The minimum absolute atomic E-state index is 0.0365. The second kappa shape index (κ2) is 15.3. The number of phosphoric acid groups is 2. The average molecular weight is 761 g/mol. The summed E-state index contributed by atoms with van der Waals surface area (Å²) < 4.78 is 59.4. The van der Waals surface area contributed by atoms with E-state index in [4.69, 9.17) is 44.1 Å². The lowest BCUT2D eigenvalue weighted by atomic mass is 10.1. The Morgan fingerprint density at radius 3 is 2.63 bits per heavy atom. The Morgan fingerprint density at radius 2 is 1.86 bits per heavy atom. The quantitative estimate of drug-likeness (QED) is 0.0500. The number of fused-ring (bicyclic) bond motifs is 2. The number of nitrogens with zero attached hydrogens (tertiary/aromatic N) is 6. The summed E-state index contributed by atoms with van der Waals surface area (Å²) in [6.07, 6.45) is -1.37. The van der Waals surface area contributed by atoms with Crippen LogP contribution in [0.5, 0.6) is 0 Å². The van der Waals surface area contributed by atoms with Crippen LogP contribution in [0.15, 0.2) is 23.6 Å². The minimum atomic E-state index is -4.89. The number of aromatic amines is 2. The number of aliphatic hydroxyl groups is 2. The fraction of sp³-hybridized carbons (Fsp3) is 0.577. The third-order valence-corrected chi connectivity index (χ3v) is 10.4. The molecule has 0 saturated carbocycles. The highest BCUT2D eigenvalue weighted by Gasteiger charge is 2.47. The van der Waals surface area contributed by atoms with Crippen LogP contribution in [0.3, 0.4) is 0 Å². The molecular weight excluding hydrogens is 722 g/mol. The molecule has 2 saturated heterocycles. The lowest BCUT2D eigenvalue weighted by Gasteiger charge is -2.23. The van der Waals surface area contributed by atoms with Crippen molar-refractivity contribution >= 4 is 49.6 Å². The van der Waals surface area contributed by atoms with Crippen molar-refractivity contribution in [3.05, 3.63) is 34.8 Å². The summed E-state index contributed by atoms with van der Waals surface area (Å²) in [4.78, 5) is 56.8. The summed E-state index contributed by atoms with van der Waals surface area (Å²) in [6, 6.07) is 0. The van der Waals surface area contributed by atoms with Crippen molar-refractivity contribution in [1.29, 1.82) is 0 Å². The van der Waals surface area contributed by atoms with Crippen LogP contribution < -0.4 is 17.0 Å². The van der Waals surface area contributed by atoms with E-state index in [-0.39, 0.29) is 62.2 Å². The number of aromatic nitrogens is 7. The number of imidazole rings is 1. The van der Waals surface area contributed by atoms with Crippen LogP contribution in [0, 0.1) is 5.92 Å². The summed E-state index contributed by atoms with van der Waals surface area (Å²) in [5, 5.41) is 19.9. The fourth-order valence-corrected chi connectivity index (χ4v) is 7.81. The second-order valence-electron chi connectivity index (χ2n) is 11.9. The molecule has 2 aliphatic heterocycles. The van der Waals surface area contributed by atoms with Gasteiger partial charge in [0.25, 0.3) is 5.56 Å². The molecule has 23 nitrogen and oxygen atoms in total. The molecule has 0 amide bonds. The zero-order chi connectivity index (χ0) is 36.5. The number of hydrogen-bond donors (Lipinski definition) is 8. The molecule has 0 aromatic carbocycles. The maximum Gasteiger partial charge on any atom is 0.472 e. The fourth-order valence-electron chi connectivity index (χ4n) is 6.01. The Kier molecular flexibility index (Phi) is 11.2. The maximum atomic E-state index is 13.3. The summed E-state index contributed by atoms with van der Waals surface area (Å²) >= 11 is 0. The molecule has 2 fully saturated rings. The predicted molar refractivity (Wildman–Crippen MR) is 174 cm³/mol. The first-order chi connectivity index (χ1) is 24.3. The number of anilines is 2. The van der Waals surface area contributed by atoms with Gasteiger partial charge in [0.1, 0.15) is 30.2 Å². The zero-order valence-electron chi connectivity index (χ0n) is 27.0. The highest BCUT2D eigenvalue weighted by atomic mass is 31.2. The second-order valence-corrected chi connectivity index (χ2v) is 14.7. The SMILES string of the molecule is CO[C@@H]1[C@H](O)[C@@H](COP(=O)(O)O[C@H]2CN(Cc3c[nH]c4c(N)ncnc34)C[C@@H]2COP(=O)(O)OCCCO)O[C@H]1n1cnc2c(=O)[nH]c(N)nc21. The standard InChI is InChI=1S/C26H38N10O13P2/c1-44-21-20(38)16(48-25(21)36-12-32-19-23(36)33-26(28)34-24(19)39)10-47-51(42,43)49-15-8-35(6-13-5-29-18-17(13)30-11-31-22(18)27)7-14(15)9-46-50(40,41)45-4-2-3-37/h5,11-12,14-16,20-21,25,29,37-38H,2-4,6-10H2,1H3,(H,40,41)(H,42,43)(H2,27,30,31)(H3,28,33,34,39)/t14-,15+,16-,20-,21-,25-/m1/s1. The molecular formula is C26H38N10O13P2. The van der Waals surface area contributed by atoms with E-state index >= 15 is 0 Å². The normalized spacial score (nSPS) is 26.6. The predicted octanol–water partition coefficient (Wildman–Crippen LogP) is -1.02. The molecule has 0 aliphatic carbocycles. The van der Waals surface area contributed by atoms with Gasteiger partial charge in [-0.2, -0.15) is 4.98 Å². The first kappa shape index (κ1) is 37.4. The molecule has 0 spiro atoms. The van der Waals surface area contributed by atoms with Crippen LogP contribution >= 0.6 is 15.6 Å². The number of rotatable bonds is 16. The highest BCUT2D eigenvalue weighted by Crippen LogP contribution is 2.49. The zero-order valence-corrected chi connectivity index (χ0v) is 28.8. The molecule has 6 rings (SSSR count). The molecule has 6 heterocycles. The van der Waals surface area contributed by atoms with E-state index in [0.29, 0.717) is 11.0 Å². The molecule has 51 heavy (non-hydrogen) atoms. The van der Waals surface area contributed by atoms with E-state index < -0.39 is 71.0 Å². The Bertz CT molecular complexity index is 1990. The summed E-state index contributed by atoms with van der Waals surface area (Å²) in [6.45, 7) is -0.985. The Morgan fingerprint density at radius 1 is 1.08 bits per heavy atom. The van der Waals surface area contributed by atoms with Gasteiger partial charge in [0.15, 0.2) is 23.2 Å². The minimum Gasteiger partial charge on any atom is -0.396 e. The molecule has 4 aromatic heterocycles. The number of phosphoric ester groups is 2. The monoisotopic (exact) mass is 760 g/mol. The third-order valence-electron chi connectivity index (χ3n) is 8.41. The summed E-state index contributed by atoms with van der Waals surface area (Å²) in [5.74, 6) is -0.646. The van der Waals surface area contributed by atoms with Crippen molar-refractivity contribution in [2.45, 2.75) is 43.6 Å². The number of nitrogen functional groups attached to an aromatic ring is 2. The molecule has 2 aliphatic rings. The Balaban J connectivity index is 1.14. The largest absolute Gasteiger partial charge is 0.472 e. The number of hydrogen-bond acceptors (Lipinski definition) is 18. The van der Waals surface area contributed by atoms with Gasteiger partial charge in [-0.1, -0.05) is 0 Å². The van der Waals surface area contributed by atoms with Crippen molar-refractivity contribution in [3.8, 4) is 0 Å². The van der Waals surface area contributed by atoms with Crippen LogP contribution in [-0.4, -0.2) is 130 Å². The van der Waals surface area contributed by atoms with E-state index in [2.05, 4.69) is 29.9 Å². The molecule has 280 valence electrons. The number of nitrogens with one attached hydrogen (secondary N) is 2. The number of aliphatic hydroxyl groups excluding tert-OH is 2. The van der Waals surface area contributed by atoms with Gasteiger partial charge in [-0.25, -0.2) is 24.1 Å². The van der Waals surface area contributed by atoms with Gasteiger partial charge in [-0.15, -0.1) is 0 Å². The topological polar surface area (TPSA) is 331 Å². The van der Waals surface area contributed by atoms with Crippen LogP contribution in [0.1, 0.15) is 18.2 Å². The molecule has 25 heteroatoms. The van der Waals surface area contributed by atoms with E-state index in [1.165, 1.54) is 24.3 Å². The van der Waals surface area contributed by atoms with Crippen molar-refractivity contribution < 1.29 is 56.7 Å². The molecule has 0 radical (unpaired) electrons. The van der Waals surface area contributed by atoms with Gasteiger partial charge >= 0.3 is 15.6 Å². The maximum absolute atomic E-state index is 13.3. The van der Waals surface area contributed by atoms with Gasteiger partial charge < -0.3 is 45.9 Å². The van der Waals surface area contributed by atoms with E-state index in [9.17, 15) is 28.8 Å². The van der Waals surface area contributed by atoms with Gasteiger partial charge in [0, 0.05) is 51.0 Å². The number of nitrogens with two attached hydrogens (primary N) is 2. The van der Waals surface area contributed by atoms with Crippen molar-refractivity contribution in [2.75, 3.05) is 58.1 Å². The average Bonchev–Trinajstić information content (AvgIpc) is 3.84. The number of ether oxygens (including phenoxy) is 2. The molecule has 0 bridgehead atoms. The first-order valence-electron chi connectivity index (χ1n) is 15.5. The van der Waals surface area contributed by atoms with Gasteiger partial charge in [-0.05, 0) is 6.42 Å². The first-order valence-corrected chi connectivity index (χ1v) is 18.5. The lowest BCUT2D eigenvalue weighted by Crippen LogP contribution is -2.35. The van der Waals surface area contributed by atoms with Crippen LogP contribution in [0.2, 0.25) is 0 Å². The van der Waals surface area contributed by atoms with Crippen LogP contribution in [0.25, 0.3) is 22.2 Å². The van der Waals surface area contributed by atoms with Gasteiger partial charge in [0.2, 0.25) is 5.95 Å². The van der Waals surface area contributed by atoms with Crippen molar-refractivity contribution in [2.24, 2.45) is 5.92 Å². The lowest BCUT2D eigenvalue weighted by molar-refractivity contribution is -0.0594. The van der Waals surface area contributed by atoms with Gasteiger partial charge in [0.05, 0.1) is 37.8 Å².